The number of carbonyl (C=O) groups excluding carboxylic acids is 3. The van der Waals surface area contributed by atoms with E-state index in [1.807, 2.05) is 30.3 Å². The minimum atomic E-state index is -4.75. The molecule has 2 saturated heterocycles. The van der Waals surface area contributed by atoms with Gasteiger partial charge in [-0.15, -0.1) is 0 Å². The summed E-state index contributed by atoms with van der Waals surface area (Å²) < 4.78 is 41.3. The normalized spacial score (nSPS) is 25.9. The third kappa shape index (κ3) is 3.11. The number of fused-ring (bicyclic) bond motifs is 5. The lowest BCUT2D eigenvalue weighted by atomic mass is 9.79. The first-order valence-corrected chi connectivity index (χ1v) is 11.1. The van der Waals surface area contributed by atoms with Crippen molar-refractivity contribution < 1.29 is 27.6 Å². The zero-order valence-corrected chi connectivity index (χ0v) is 18.8. The summed E-state index contributed by atoms with van der Waals surface area (Å²) in [7, 11) is 0. The maximum atomic E-state index is 13.8. The first-order valence-electron chi connectivity index (χ1n) is 11.1. The molecular formula is C26H23F3N2O3. The van der Waals surface area contributed by atoms with Crippen molar-refractivity contribution in [1.82, 2.24) is 4.90 Å². The van der Waals surface area contributed by atoms with Crippen molar-refractivity contribution in [2.45, 2.75) is 39.0 Å². The Labute approximate surface area is 194 Å². The summed E-state index contributed by atoms with van der Waals surface area (Å²) in [5.74, 6) is -3.77. The van der Waals surface area contributed by atoms with Crippen LogP contribution in [0.4, 0.5) is 18.9 Å². The molecule has 0 aliphatic carbocycles. The number of rotatable bonds is 2. The monoisotopic (exact) mass is 468 g/mol. The fourth-order valence-corrected chi connectivity index (χ4v) is 5.45. The highest BCUT2D eigenvalue weighted by Gasteiger charge is 2.65. The number of anilines is 1. The molecule has 0 aromatic heterocycles. The van der Waals surface area contributed by atoms with Crippen molar-refractivity contribution >= 4 is 29.4 Å². The Morgan fingerprint density at radius 2 is 1.50 bits per heavy atom. The van der Waals surface area contributed by atoms with Gasteiger partial charge in [0, 0.05) is 11.6 Å². The maximum Gasteiger partial charge on any atom is 0.418 e. The number of Topliss-reactive ketones (excluding diaryl/α,β-unsaturated/α-hetero) is 1. The molecule has 2 fully saturated rings. The smallest absolute Gasteiger partial charge is 0.359 e. The van der Waals surface area contributed by atoms with Crippen LogP contribution in [0.15, 0.2) is 54.7 Å². The van der Waals surface area contributed by atoms with Crippen molar-refractivity contribution in [3.05, 3.63) is 71.4 Å². The van der Waals surface area contributed by atoms with Gasteiger partial charge in [0.05, 0.1) is 29.1 Å². The summed E-state index contributed by atoms with van der Waals surface area (Å²) in [6.07, 6.45) is -1.18. The molecule has 176 valence electrons. The first kappa shape index (κ1) is 22.4. The molecule has 3 aliphatic rings. The van der Waals surface area contributed by atoms with E-state index in [2.05, 4.69) is 0 Å². The molecule has 5 nitrogen and oxygen atoms in total. The van der Waals surface area contributed by atoms with Gasteiger partial charge in [0.25, 0.3) is 0 Å². The topological polar surface area (TPSA) is 57.7 Å². The molecule has 3 heterocycles. The van der Waals surface area contributed by atoms with Crippen LogP contribution in [-0.4, -0.2) is 28.5 Å². The summed E-state index contributed by atoms with van der Waals surface area (Å²) in [5.41, 5.74) is -0.754. The Morgan fingerprint density at radius 1 is 0.882 bits per heavy atom. The number of nitrogens with zero attached hydrogens (tertiary/aromatic N) is 2. The zero-order chi connectivity index (χ0) is 24.6. The van der Waals surface area contributed by atoms with E-state index in [-0.39, 0.29) is 5.78 Å². The molecule has 0 saturated carbocycles. The number of carbonyl (C=O) groups is 3. The van der Waals surface area contributed by atoms with Crippen LogP contribution in [-0.2, 0) is 20.6 Å². The van der Waals surface area contributed by atoms with Gasteiger partial charge in [0.2, 0.25) is 11.8 Å². The molecule has 2 amide bonds. The molecule has 0 radical (unpaired) electrons. The van der Waals surface area contributed by atoms with E-state index in [0.717, 1.165) is 23.3 Å². The van der Waals surface area contributed by atoms with Gasteiger partial charge in [-0.1, -0.05) is 57.2 Å². The maximum absolute atomic E-state index is 13.8. The van der Waals surface area contributed by atoms with Gasteiger partial charge in [-0.05, 0) is 29.3 Å². The SMILES string of the molecule is CC(C)(C)C(=O)C1C2C(=O)N(c3ccccc3C(F)(F)F)C(=O)C2C2c3ccccc3C=CN12. The zero-order valence-electron chi connectivity index (χ0n) is 18.8. The summed E-state index contributed by atoms with van der Waals surface area (Å²) in [5, 5.41) is 0. The van der Waals surface area contributed by atoms with Gasteiger partial charge in [-0.2, -0.15) is 13.2 Å². The number of ketones is 1. The summed E-state index contributed by atoms with van der Waals surface area (Å²) in [6, 6.07) is 10.3. The number of hydrogen-bond acceptors (Lipinski definition) is 4. The van der Waals surface area contributed by atoms with Crippen LogP contribution >= 0.6 is 0 Å². The standard InChI is InChI=1S/C26H23F3N2O3/c1-25(2,3)22(32)21-19-18(20-15-9-5-4-8-14(15)12-13-30(20)21)23(33)31(24(19)34)17-11-7-6-10-16(17)26(27,28)29/h4-13,18-21H,1-3H3. The molecule has 2 aromatic carbocycles. The van der Waals surface area contributed by atoms with Crippen molar-refractivity contribution in [2.24, 2.45) is 17.3 Å². The lowest BCUT2D eigenvalue weighted by Gasteiger charge is -2.37. The van der Waals surface area contributed by atoms with Gasteiger partial charge < -0.3 is 4.90 Å². The molecule has 2 aromatic rings. The highest BCUT2D eigenvalue weighted by molar-refractivity contribution is 6.24. The molecule has 0 bridgehead atoms. The van der Waals surface area contributed by atoms with Gasteiger partial charge in [0.15, 0.2) is 5.78 Å². The quantitative estimate of drug-likeness (QED) is 0.592. The van der Waals surface area contributed by atoms with E-state index in [1.165, 1.54) is 12.1 Å². The van der Waals surface area contributed by atoms with E-state index in [0.29, 0.717) is 4.90 Å². The number of amides is 2. The Kier molecular flexibility index (Phi) is 4.80. The molecule has 4 unspecified atom stereocenters. The molecular weight excluding hydrogens is 445 g/mol. The third-order valence-corrected chi connectivity index (χ3v) is 6.92. The number of benzene rings is 2. The fourth-order valence-electron chi connectivity index (χ4n) is 5.45. The molecule has 8 heteroatoms. The van der Waals surface area contributed by atoms with Crippen LogP contribution in [0.25, 0.3) is 6.08 Å². The van der Waals surface area contributed by atoms with Gasteiger partial charge in [-0.25, -0.2) is 4.90 Å². The minimum absolute atomic E-state index is 0.235. The van der Waals surface area contributed by atoms with Crippen molar-refractivity contribution in [3.8, 4) is 0 Å². The number of hydrogen-bond donors (Lipinski definition) is 0. The molecule has 4 atom stereocenters. The Morgan fingerprint density at radius 3 is 2.18 bits per heavy atom. The van der Waals surface area contributed by atoms with E-state index >= 15 is 0 Å². The van der Waals surface area contributed by atoms with Gasteiger partial charge in [0.1, 0.15) is 6.04 Å². The van der Waals surface area contributed by atoms with Crippen molar-refractivity contribution in [2.75, 3.05) is 4.90 Å². The average Bonchev–Trinajstić information content (AvgIpc) is 3.24. The summed E-state index contributed by atoms with van der Waals surface area (Å²) in [4.78, 5) is 43.4. The molecule has 0 N–H and O–H groups in total. The number of alkyl halides is 3. The second-order valence-corrected chi connectivity index (χ2v) is 9.97. The molecule has 3 aliphatic heterocycles. The Hall–Kier alpha value is -3.42. The second-order valence-electron chi connectivity index (χ2n) is 9.97. The molecule has 34 heavy (non-hydrogen) atoms. The number of para-hydroxylation sites is 1. The first-order chi connectivity index (χ1) is 15.9. The Bertz CT molecular complexity index is 1240. The van der Waals surface area contributed by atoms with Crippen molar-refractivity contribution in [1.29, 1.82) is 0 Å². The van der Waals surface area contributed by atoms with Crippen molar-refractivity contribution in [3.63, 3.8) is 0 Å². The van der Waals surface area contributed by atoms with Crippen LogP contribution in [0.2, 0.25) is 0 Å². The van der Waals surface area contributed by atoms with E-state index < -0.39 is 58.6 Å². The number of imide groups is 1. The van der Waals surface area contributed by atoms with Gasteiger partial charge in [-0.3, -0.25) is 14.4 Å². The summed E-state index contributed by atoms with van der Waals surface area (Å²) in [6.45, 7) is 5.20. The van der Waals surface area contributed by atoms with Crippen LogP contribution in [0, 0.1) is 17.3 Å². The number of halogens is 3. The van der Waals surface area contributed by atoms with Crippen LogP contribution in [0.1, 0.15) is 43.5 Å². The lowest BCUT2D eigenvalue weighted by Crippen LogP contribution is -2.48. The van der Waals surface area contributed by atoms with Crippen LogP contribution < -0.4 is 4.90 Å². The van der Waals surface area contributed by atoms with E-state index in [1.54, 1.807) is 31.9 Å². The summed E-state index contributed by atoms with van der Waals surface area (Å²) >= 11 is 0. The minimum Gasteiger partial charge on any atom is -0.359 e. The third-order valence-electron chi connectivity index (χ3n) is 6.92. The van der Waals surface area contributed by atoms with Crippen LogP contribution in [0.5, 0.6) is 0 Å². The van der Waals surface area contributed by atoms with E-state index in [4.69, 9.17) is 0 Å². The van der Waals surface area contributed by atoms with E-state index in [9.17, 15) is 27.6 Å². The van der Waals surface area contributed by atoms with Gasteiger partial charge >= 0.3 is 6.18 Å². The van der Waals surface area contributed by atoms with Crippen LogP contribution in [0.3, 0.4) is 0 Å². The molecule has 5 rings (SSSR count). The molecule has 0 spiro atoms. The lowest BCUT2D eigenvalue weighted by molar-refractivity contribution is -0.138. The highest BCUT2D eigenvalue weighted by Crippen LogP contribution is 2.55. The highest BCUT2D eigenvalue weighted by atomic mass is 19.4. The fraction of sp³-hybridized carbons (Fsp3) is 0.346. The largest absolute Gasteiger partial charge is 0.418 e. The predicted molar refractivity (Wildman–Crippen MR) is 119 cm³/mol. The second kappa shape index (κ2) is 7.29. The predicted octanol–water partition coefficient (Wildman–Crippen LogP) is 4.84. The Balaban J connectivity index is 1.69. The average molecular weight is 468 g/mol.